The average molecular weight is 543 g/mol. The molecule has 196 valence electrons. The van der Waals surface area contributed by atoms with Gasteiger partial charge in [0.25, 0.3) is 0 Å². The average Bonchev–Trinajstić information content (AvgIpc) is 3.31. The maximum Gasteiger partial charge on any atom is 0.179 e. The van der Waals surface area contributed by atoms with E-state index in [0.717, 1.165) is 51.2 Å². The molecule has 2 aliphatic rings. The van der Waals surface area contributed by atoms with Crippen LogP contribution < -0.4 is 10.2 Å². The van der Waals surface area contributed by atoms with Gasteiger partial charge in [-0.15, -0.1) is 0 Å². The van der Waals surface area contributed by atoms with Crippen LogP contribution in [0.15, 0.2) is 107 Å². The molecule has 3 heterocycles. The van der Waals surface area contributed by atoms with Crippen LogP contribution >= 0.6 is 11.6 Å². The summed E-state index contributed by atoms with van der Waals surface area (Å²) in [6.07, 6.45) is 0. The second kappa shape index (κ2) is 9.50. The van der Waals surface area contributed by atoms with Crippen molar-refractivity contribution in [3.05, 3.63) is 130 Å². The van der Waals surface area contributed by atoms with E-state index in [9.17, 15) is 0 Å². The first-order valence-corrected chi connectivity index (χ1v) is 13.7. The Labute approximate surface area is 238 Å². The van der Waals surface area contributed by atoms with Gasteiger partial charge in [0.2, 0.25) is 0 Å². The molecule has 5 aromatic rings. The number of nitrogens with one attached hydrogen (secondary N) is 1. The molecule has 40 heavy (non-hydrogen) atoms. The van der Waals surface area contributed by atoms with E-state index >= 15 is 0 Å². The molecule has 1 atom stereocenters. The lowest BCUT2D eigenvalue weighted by molar-refractivity contribution is 0.815. The number of aromatic nitrogens is 2. The van der Waals surface area contributed by atoms with E-state index in [0.29, 0.717) is 10.9 Å². The summed E-state index contributed by atoms with van der Waals surface area (Å²) in [6.45, 7) is 6.29. The van der Waals surface area contributed by atoms with Crippen molar-refractivity contribution in [3.63, 3.8) is 0 Å². The quantitative estimate of drug-likeness (QED) is 0.250. The monoisotopic (exact) mass is 542 g/mol. The van der Waals surface area contributed by atoms with Gasteiger partial charge in [0, 0.05) is 16.3 Å². The Morgan fingerprint density at radius 2 is 1.52 bits per heavy atom. The van der Waals surface area contributed by atoms with E-state index in [4.69, 9.17) is 26.7 Å². The van der Waals surface area contributed by atoms with Crippen LogP contribution in [0.4, 0.5) is 22.9 Å². The van der Waals surface area contributed by atoms with Gasteiger partial charge < -0.3 is 10.2 Å². The second-order valence-corrected chi connectivity index (χ2v) is 10.6. The van der Waals surface area contributed by atoms with Crippen molar-refractivity contribution in [2.45, 2.75) is 26.8 Å². The summed E-state index contributed by atoms with van der Waals surface area (Å²) >= 11 is 6.34. The minimum Gasteiger partial charge on any atom is -0.337 e. The Kier molecular flexibility index (Phi) is 5.79. The maximum absolute atomic E-state index is 6.34. The summed E-state index contributed by atoms with van der Waals surface area (Å²) in [5.74, 6) is 2.22. The Balaban J connectivity index is 1.49. The first-order chi connectivity index (χ1) is 19.5. The molecule has 0 aliphatic carbocycles. The minimum atomic E-state index is -0.189. The molecule has 6 nitrogen and oxygen atoms in total. The molecule has 0 saturated carbocycles. The van der Waals surface area contributed by atoms with Crippen molar-refractivity contribution < 1.29 is 0 Å². The van der Waals surface area contributed by atoms with E-state index in [1.54, 1.807) is 0 Å². The number of aliphatic imine (C=N–C) groups is 2. The van der Waals surface area contributed by atoms with Gasteiger partial charge in [0.05, 0.1) is 28.8 Å². The lowest BCUT2D eigenvalue weighted by Gasteiger charge is -2.40. The maximum atomic E-state index is 6.34. The molecule has 1 N–H and O–H groups in total. The van der Waals surface area contributed by atoms with E-state index < -0.39 is 0 Å². The van der Waals surface area contributed by atoms with E-state index in [1.165, 1.54) is 11.1 Å². The fourth-order valence-corrected chi connectivity index (χ4v) is 5.59. The highest BCUT2D eigenvalue weighted by Gasteiger charge is 2.41. The lowest BCUT2D eigenvalue weighted by Crippen LogP contribution is -2.46. The molecule has 1 aromatic heterocycles. The standard InChI is InChI=1S/C33H27ClN6/c1-20-13-18-25(19-21(20)2)35-31-33-37-32-29(22(3)38-40(32)26-9-5-4-6-10-26)30(23-14-16-24(34)17-15-23)39(33)28-12-8-7-11-27(28)36-31/h4-19,30H,1-3H3,(H,35,36)/t30-/m0/s1. The fraction of sp³-hybridized carbons (Fsp3) is 0.121. The van der Waals surface area contributed by atoms with Gasteiger partial charge in [-0.2, -0.15) is 5.10 Å². The Hall–Kier alpha value is -4.68. The predicted molar refractivity (Wildman–Crippen MR) is 164 cm³/mol. The number of hydrogen-bond donors (Lipinski definition) is 1. The fourth-order valence-electron chi connectivity index (χ4n) is 5.46. The van der Waals surface area contributed by atoms with Gasteiger partial charge in [-0.3, -0.25) is 0 Å². The van der Waals surface area contributed by atoms with Crippen LogP contribution in [0.3, 0.4) is 0 Å². The third-order valence-electron chi connectivity index (χ3n) is 7.59. The lowest BCUT2D eigenvalue weighted by atomic mass is 9.93. The van der Waals surface area contributed by atoms with Crippen molar-refractivity contribution >= 4 is 46.2 Å². The zero-order chi connectivity index (χ0) is 27.4. The zero-order valence-electron chi connectivity index (χ0n) is 22.4. The molecule has 4 aromatic carbocycles. The topological polar surface area (TPSA) is 57.8 Å². The third-order valence-corrected chi connectivity index (χ3v) is 7.85. The molecule has 7 rings (SSSR count). The van der Waals surface area contributed by atoms with Gasteiger partial charge in [-0.05, 0) is 86.0 Å². The molecule has 0 radical (unpaired) electrons. The second-order valence-electron chi connectivity index (χ2n) is 10.2. The van der Waals surface area contributed by atoms with Crippen LogP contribution in [0.2, 0.25) is 5.02 Å². The van der Waals surface area contributed by atoms with E-state index in [1.807, 2.05) is 53.2 Å². The zero-order valence-corrected chi connectivity index (χ0v) is 23.2. The predicted octanol–water partition coefficient (Wildman–Crippen LogP) is 8.25. The molecule has 0 saturated heterocycles. The molecule has 0 bridgehead atoms. The Morgan fingerprint density at radius 3 is 2.30 bits per heavy atom. The normalized spacial score (nSPS) is 15.5. The Bertz CT molecular complexity index is 1820. The SMILES string of the molecule is Cc1ccc(NC2=Nc3ccccc3N3C2=Nc2c(c(C)nn2-c2ccccc2)[C@@H]3c2ccc(Cl)cc2)cc1C. The van der Waals surface area contributed by atoms with Crippen LogP contribution in [0.25, 0.3) is 5.69 Å². The molecule has 0 amide bonds. The molecule has 0 unspecified atom stereocenters. The van der Waals surface area contributed by atoms with Gasteiger partial charge >= 0.3 is 0 Å². The van der Waals surface area contributed by atoms with Crippen LogP contribution in [0, 0.1) is 20.8 Å². The summed E-state index contributed by atoms with van der Waals surface area (Å²) in [5, 5.41) is 9.29. The number of benzene rings is 4. The largest absolute Gasteiger partial charge is 0.337 e. The van der Waals surface area contributed by atoms with E-state index in [-0.39, 0.29) is 6.04 Å². The van der Waals surface area contributed by atoms with Gasteiger partial charge in [0.15, 0.2) is 17.5 Å². The van der Waals surface area contributed by atoms with Crippen LogP contribution in [0.5, 0.6) is 0 Å². The smallest absolute Gasteiger partial charge is 0.179 e. The number of halogens is 1. The van der Waals surface area contributed by atoms with Gasteiger partial charge in [-0.25, -0.2) is 14.7 Å². The Morgan fingerprint density at radius 1 is 0.775 bits per heavy atom. The first-order valence-electron chi connectivity index (χ1n) is 13.3. The van der Waals surface area contributed by atoms with Crippen LogP contribution in [-0.2, 0) is 0 Å². The number of hydrogen-bond acceptors (Lipinski definition) is 5. The number of nitrogens with zero attached hydrogens (tertiary/aromatic N) is 5. The highest BCUT2D eigenvalue weighted by Crippen LogP contribution is 2.48. The van der Waals surface area contributed by atoms with Crippen molar-refractivity contribution in [2.24, 2.45) is 9.98 Å². The number of para-hydroxylation sites is 3. The van der Waals surface area contributed by atoms with Crippen molar-refractivity contribution in [1.29, 1.82) is 0 Å². The summed E-state index contributed by atoms with van der Waals surface area (Å²) in [5.41, 5.74) is 9.31. The highest BCUT2D eigenvalue weighted by atomic mass is 35.5. The molecule has 0 fully saturated rings. The molecule has 0 spiro atoms. The van der Waals surface area contributed by atoms with Crippen LogP contribution in [-0.4, -0.2) is 21.5 Å². The summed E-state index contributed by atoms with van der Waals surface area (Å²) in [4.78, 5) is 12.7. The summed E-state index contributed by atoms with van der Waals surface area (Å²) in [6, 6.07) is 32.6. The minimum absolute atomic E-state index is 0.189. The molecule has 7 heteroatoms. The van der Waals surface area contributed by atoms with Crippen molar-refractivity contribution in [3.8, 4) is 5.69 Å². The first kappa shape index (κ1) is 24.4. The number of amidine groups is 2. The van der Waals surface area contributed by atoms with Crippen molar-refractivity contribution in [1.82, 2.24) is 9.78 Å². The van der Waals surface area contributed by atoms with Crippen molar-refractivity contribution in [2.75, 3.05) is 10.2 Å². The summed E-state index contributed by atoms with van der Waals surface area (Å²) in [7, 11) is 0. The van der Waals surface area contributed by atoms with E-state index in [2.05, 4.69) is 79.5 Å². The molecular formula is C33H27ClN6. The third kappa shape index (κ3) is 4.00. The number of fused-ring (bicyclic) bond motifs is 4. The van der Waals surface area contributed by atoms with Crippen LogP contribution in [0.1, 0.15) is 34.0 Å². The number of anilines is 2. The number of rotatable bonds is 3. The molecule has 2 aliphatic heterocycles. The van der Waals surface area contributed by atoms with Gasteiger partial charge in [0.1, 0.15) is 0 Å². The molecular weight excluding hydrogens is 516 g/mol. The summed E-state index contributed by atoms with van der Waals surface area (Å²) < 4.78 is 1.94. The highest BCUT2D eigenvalue weighted by molar-refractivity contribution is 6.51. The van der Waals surface area contributed by atoms with Gasteiger partial charge in [-0.1, -0.05) is 60.1 Å². The number of aryl methyl sites for hydroxylation is 3.